The summed E-state index contributed by atoms with van der Waals surface area (Å²) in [5, 5.41) is 0.430. The molecule has 0 unspecified atom stereocenters. The predicted molar refractivity (Wildman–Crippen MR) is 79.5 cm³/mol. The van der Waals surface area contributed by atoms with E-state index in [4.69, 9.17) is 5.73 Å². The Balaban J connectivity index is 0.00000161. The summed E-state index contributed by atoms with van der Waals surface area (Å²) >= 11 is 1.29. The number of nitrogens with two attached hydrogens (primary N) is 1. The number of rotatable bonds is 1. The third-order valence-electron chi connectivity index (χ3n) is 2.80. The first kappa shape index (κ1) is 15.5. The number of hydrogen-bond donors (Lipinski definition) is 1. The number of benzene rings is 1. The molecule has 0 radical (unpaired) electrons. The summed E-state index contributed by atoms with van der Waals surface area (Å²) in [7, 11) is 0. The molecule has 0 aliphatic rings. The highest BCUT2D eigenvalue weighted by Gasteiger charge is 2.31. The van der Waals surface area contributed by atoms with Crippen LogP contribution in [0.3, 0.4) is 0 Å². The number of nitrogens with zero attached hydrogens (tertiary/aromatic N) is 2. The second kappa shape index (κ2) is 5.50. The summed E-state index contributed by atoms with van der Waals surface area (Å²) in [6.07, 6.45) is -2.18. The largest absolute Gasteiger partial charge is 0.417 e. The molecule has 0 fully saturated rings. The third kappa shape index (κ3) is 3.08. The molecule has 0 spiro atoms. The molecule has 2 aromatic heterocycles. The summed E-state index contributed by atoms with van der Waals surface area (Å²) in [4.78, 5) is 7.76. The number of alkyl halides is 3. The van der Waals surface area contributed by atoms with Gasteiger partial charge in [-0.2, -0.15) is 13.2 Å². The fraction of sp³-hybridized carbons (Fsp3) is 0.0769. The molecule has 1 aromatic carbocycles. The minimum Gasteiger partial charge on any atom is -0.375 e. The fourth-order valence-electron chi connectivity index (χ4n) is 1.87. The first-order valence-corrected chi connectivity index (χ1v) is 6.44. The molecule has 0 aliphatic heterocycles. The third-order valence-corrected chi connectivity index (χ3v) is 3.65. The van der Waals surface area contributed by atoms with E-state index in [1.54, 1.807) is 18.2 Å². The predicted octanol–water partition coefficient (Wildman–Crippen LogP) is 4.38. The summed E-state index contributed by atoms with van der Waals surface area (Å²) < 4.78 is 38.9. The number of nitrogen functional groups attached to an aromatic ring is 1. The van der Waals surface area contributed by atoms with Crippen molar-refractivity contribution in [2.75, 3.05) is 5.73 Å². The average molecular weight is 332 g/mol. The molecule has 110 valence electrons. The quantitative estimate of drug-likeness (QED) is 0.720. The Bertz CT molecular complexity index is 786. The number of hydrogen-bond acceptors (Lipinski definition) is 4. The zero-order valence-electron chi connectivity index (χ0n) is 10.4. The van der Waals surface area contributed by atoms with E-state index < -0.39 is 11.7 Å². The molecule has 0 amide bonds. The van der Waals surface area contributed by atoms with Crippen LogP contribution in [-0.4, -0.2) is 9.97 Å². The Morgan fingerprint density at radius 2 is 1.81 bits per heavy atom. The Labute approximate surface area is 128 Å². The van der Waals surface area contributed by atoms with Gasteiger partial charge in [-0.3, -0.25) is 4.98 Å². The molecule has 3 rings (SSSR count). The van der Waals surface area contributed by atoms with Gasteiger partial charge in [0.25, 0.3) is 0 Å². The van der Waals surface area contributed by atoms with Gasteiger partial charge in [0.15, 0.2) is 5.13 Å². The van der Waals surface area contributed by atoms with E-state index >= 15 is 0 Å². The number of thiazole rings is 1. The lowest BCUT2D eigenvalue weighted by Crippen LogP contribution is -2.05. The van der Waals surface area contributed by atoms with Crippen LogP contribution < -0.4 is 5.73 Å². The van der Waals surface area contributed by atoms with Gasteiger partial charge in [0.1, 0.15) is 0 Å². The molecular weight excluding hydrogens is 323 g/mol. The maximum absolute atomic E-state index is 12.7. The SMILES string of the molecule is Cl.Nc1nc2ccc(-c3cncc(C(F)(F)F)c3)cc2s1. The van der Waals surface area contributed by atoms with Crippen LogP contribution in [0.2, 0.25) is 0 Å². The highest BCUT2D eigenvalue weighted by molar-refractivity contribution is 7.22. The number of fused-ring (bicyclic) bond motifs is 1. The normalized spacial score (nSPS) is 11.4. The maximum atomic E-state index is 12.7. The Hall–Kier alpha value is -1.86. The van der Waals surface area contributed by atoms with E-state index in [-0.39, 0.29) is 12.4 Å². The molecule has 0 saturated heterocycles. The Morgan fingerprint density at radius 3 is 2.52 bits per heavy atom. The lowest BCUT2D eigenvalue weighted by Gasteiger charge is -2.08. The van der Waals surface area contributed by atoms with Crippen molar-refractivity contribution in [2.24, 2.45) is 0 Å². The van der Waals surface area contributed by atoms with Gasteiger partial charge in [-0.15, -0.1) is 12.4 Å². The van der Waals surface area contributed by atoms with Crippen molar-refractivity contribution in [3.05, 3.63) is 42.2 Å². The number of pyridine rings is 1. The summed E-state index contributed by atoms with van der Waals surface area (Å²) in [5.41, 5.74) is 6.64. The second-order valence-corrected chi connectivity index (χ2v) is 5.26. The highest BCUT2D eigenvalue weighted by atomic mass is 35.5. The molecule has 2 heterocycles. The van der Waals surface area contributed by atoms with Crippen LogP contribution in [0.15, 0.2) is 36.7 Å². The molecule has 2 N–H and O–H groups in total. The molecule has 3 aromatic rings. The number of anilines is 1. The van der Waals surface area contributed by atoms with E-state index in [0.717, 1.165) is 22.5 Å². The van der Waals surface area contributed by atoms with E-state index in [1.807, 2.05) is 0 Å². The van der Waals surface area contributed by atoms with Gasteiger partial charge >= 0.3 is 6.18 Å². The van der Waals surface area contributed by atoms with Crippen molar-refractivity contribution in [1.29, 1.82) is 0 Å². The van der Waals surface area contributed by atoms with Crippen molar-refractivity contribution >= 4 is 39.1 Å². The molecule has 0 aliphatic carbocycles. The van der Waals surface area contributed by atoms with Gasteiger partial charge < -0.3 is 5.73 Å². The number of aromatic nitrogens is 2. The van der Waals surface area contributed by atoms with Crippen molar-refractivity contribution in [3.8, 4) is 11.1 Å². The van der Waals surface area contributed by atoms with Crippen LogP contribution >= 0.6 is 23.7 Å². The standard InChI is InChI=1S/C13H8F3N3S.ClH/c14-13(15,16)9-3-8(5-18-6-9)7-1-2-10-11(4-7)20-12(17)19-10;/h1-6H,(H2,17,19);1H. The number of halogens is 4. The van der Waals surface area contributed by atoms with Crippen molar-refractivity contribution in [1.82, 2.24) is 9.97 Å². The zero-order valence-corrected chi connectivity index (χ0v) is 12.0. The van der Waals surface area contributed by atoms with Crippen LogP contribution in [0.5, 0.6) is 0 Å². The minimum atomic E-state index is -4.40. The average Bonchev–Trinajstić information content (AvgIpc) is 2.77. The van der Waals surface area contributed by atoms with Gasteiger partial charge in [0.2, 0.25) is 0 Å². The first-order chi connectivity index (χ1) is 9.43. The minimum absolute atomic E-state index is 0. The van der Waals surface area contributed by atoms with E-state index in [1.165, 1.54) is 17.5 Å². The Kier molecular flexibility index (Phi) is 4.06. The zero-order chi connectivity index (χ0) is 14.3. The summed E-state index contributed by atoms with van der Waals surface area (Å²) in [5.74, 6) is 0. The van der Waals surface area contributed by atoms with Crippen LogP contribution in [0.4, 0.5) is 18.3 Å². The second-order valence-electron chi connectivity index (χ2n) is 4.19. The maximum Gasteiger partial charge on any atom is 0.417 e. The van der Waals surface area contributed by atoms with Gasteiger partial charge in [0, 0.05) is 18.0 Å². The van der Waals surface area contributed by atoms with Crippen molar-refractivity contribution in [3.63, 3.8) is 0 Å². The summed E-state index contributed by atoms with van der Waals surface area (Å²) in [6.45, 7) is 0. The van der Waals surface area contributed by atoms with E-state index in [9.17, 15) is 13.2 Å². The smallest absolute Gasteiger partial charge is 0.375 e. The van der Waals surface area contributed by atoms with E-state index in [2.05, 4.69) is 9.97 Å². The van der Waals surface area contributed by atoms with Crippen LogP contribution in [0.1, 0.15) is 5.56 Å². The molecule has 3 nitrogen and oxygen atoms in total. The lowest BCUT2D eigenvalue weighted by atomic mass is 10.1. The van der Waals surface area contributed by atoms with Crippen LogP contribution in [0.25, 0.3) is 21.3 Å². The van der Waals surface area contributed by atoms with Gasteiger partial charge in [-0.25, -0.2) is 4.98 Å². The molecule has 0 bridgehead atoms. The molecule has 0 saturated carbocycles. The van der Waals surface area contributed by atoms with Crippen molar-refractivity contribution in [2.45, 2.75) is 6.18 Å². The van der Waals surface area contributed by atoms with Crippen molar-refractivity contribution < 1.29 is 13.2 Å². The Morgan fingerprint density at radius 1 is 1.05 bits per heavy atom. The molecule has 21 heavy (non-hydrogen) atoms. The highest BCUT2D eigenvalue weighted by Crippen LogP contribution is 2.33. The van der Waals surface area contributed by atoms with Gasteiger partial charge in [0.05, 0.1) is 15.8 Å². The van der Waals surface area contributed by atoms with Crippen LogP contribution in [-0.2, 0) is 6.18 Å². The summed E-state index contributed by atoms with van der Waals surface area (Å²) in [6, 6.07) is 6.29. The van der Waals surface area contributed by atoms with Gasteiger partial charge in [-0.05, 0) is 23.8 Å². The molecule has 8 heteroatoms. The first-order valence-electron chi connectivity index (χ1n) is 5.62. The fourth-order valence-corrected chi connectivity index (χ4v) is 2.65. The monoisotopic (exact) mass is 331 g/mol. The molecular formula is C13H9ClF3N3S. The van der Waals surface area contributed by atoms with Crippen LogP contribution in [0, 0.1) is 0 Å². The van der Waals surface area contributed by atoms with E-state index in [0.29, 0.717) is 16.3 Å². The molecule has 0 atom stereocenters. The lowest BCUT2D eigenvalue weighted by molar-refractivity contribution is -0.137. The van der Waals surface area contributed by atoms with Gasteiger partial charge in [-0.1, -0.05) is 17.4 Å². The topological polar surface area (TPSA) is 51.8 Å².